The number of hydrogen-bond acceptors (Lipinski definition) is 5. The molecule has 0 spiro atoms. The quantitative estimate of drug-likeness (QED) is 0.730. The average molecular weight is 240 g/mol. The summed E-state index contributed by atoms with van der Waals surface area (Å²) in [6.07, 6.45) is 1.70. The first-order chi connectivity index (χ1) is 7.84. The van der Waals surface area contributed by atoms with Gasteiger partial charge in [0.15, 0.2) is 0 Å². The van der Waals surface area contributed by atoms with E-state index < -0.39 is 0 Å². The summed E-state index contributed by atoms with van der Waals surface area (Å²) in [5, 5.41) is 12.1. The van der Waals surface area contributed by atoms with Gasteiger partial charge in [-0.25, -0.2) is 0 Å². The van der Waals surface area contributed by atoms with Crippen LogP contribution in [0.3, 0.4) is 0 Å². The fraction of sp³-hybridized carbons (Fsp3) is 0.444. The molecular formula is C9H10ClN5O. The number of tetrazole rings is 1. The molecule has 1 fully saturated rings. The fourth-order valence-corrected chi connectivity index (χ4v) is 2.03. The lowest BCUT2D eigenvalue weighted by Gasteiger charge is -2.28. The molecule has 1 aliphatic rings. The Morgan fingerprint density at radius 1 is 1.31 bits per heavy atom. The van der Waals surface area contributed by atoms with Gasteiger partial charge in [0.25, 0.3) is 0 Å². The second-order valence-electron chi connectivity index (χ2n) is 3.59. The lowest BCUT2D eigenvalue weighted by Crippen LogP contribution is -2.36. The molecule has 84 valence electrons. The predicted molar refractivity (Wildman–Crippen MR) is 58.8 cm³/mol. The van der Waals surface area contributed by atoms with Gasteiger partial charge in [-0.05, 0) is 16.5 Å². The molecule has 6 nitrogen and oxygen atoms in total. The Bertz CT molecular complexity index is 508. The van der Waals surface area contributed by atoms with E-state index in [2.05, 4.69) is 20.4 Å². The monoisotopic (exact) mass is 239 g/mol. The Balaban J connectivity index is 2.09. The van der Waals surface area contributed by atoms with E-state index in [-0.39, 0.29) is 0 Å². The molecule has 3 rings (SSSR count). The van der Waals surface area contributed by atoms with E-state index in [0.717, 1.165) is 37.6 Å². The molecule has 1 saturated heterocycles. The van der Waals surface area contributed by atoms with Crippen molar-refractivity contribution in [2.75, 3.05) is 31.2 Å². The summed E-state index contributed by atoms with van der Waals surface area (Å²) in [5.41, 5.74) is 1.69. The maximum atomic E-state index is 6.03. The second kappa shape index (κ2) is 3.88. The number of anilines is 1. The molecule has 0 saturated carbocycles. The van der Waals surface area contributed by atoms with Crippen LogP contribution in [0.5, 0.6) is 0 Å². The van der Waals surface area contributed by atoms with Gasteiger partial charge in [0, 0.05) is 13.1 Å². The van der Waals surface area contributed by atoms with E-state index in [0.29, 0.717) is 5.02 Å². The van der Waals surface area contributed by atoms with Crippen molar-refractivity contribution < 1.29 is 4.74 Å². The highest BCUT2D eigenvalue weighted by molar-refractivity contribution is 6.30. The molecule has 0 unspecified atom stereocenters. The van der Waals surface area contributed by atoms with E-state index in [1.54, 1.807) is 10.7 Å². The number of nitrogens with zero attached hydrogens (tertiary/aromatic N) is 5. The van der Waals surface area contributed by atoms with Gasteiger partial charge in [0.2, 0.25) is 5.65 Å². The molecule has 16 heavy (non-hydrogen) atoms. The normalized spacial score (nSPS) is 16.9. The maximum Gasteiger partial charge on any atom is 0.202 e. The molecule has 0 amide bonds. The SMILES string of the molecule is Clc1cc(N2CCOCC2)c2nnnn2c1. The number of pyridine rings is 1. The Morgan fingerprint density at radius 3 is 2.94 bits per heavy atom. The van der Waals surface area contributed by atoms with Crippen molar-refractivity contribution in [2.45, 2.75) is 0 Å². The number of ether oxygens (including phenoxy) is 1. The van der Waals surface area contributed by atoms with Crippen LogP contribution in [0, 0.1) is 0 Å². The molecular weight excluding hydrogens is 230 g/mol. The van der Waals surface area contributed by atoms with Gasteiger partial charge in [-0.2, -0.15) is 4.52 Å². The summed E-state index contributed by atoms with van der Waals surface area (Å²) in [7, 11) is 0. The molecule has 1 aliphatic heterocycles. The van der Waals surface area contributed by atoms with Gasteiger partial charge in [-0.1, -0.05) is 11.6 Å². The van der Waals surface area contributed by atoms with E-state index in [1.165, 1.54) is 0 Å². The van der Waals surface area contributed by atoms with Crippen LogP contribution in [0.4, 0.5) is 5.69 Å². The van der Waals surface area contributed by atoms with E-state index >= 15 is 0 Å². The molecule has 0 bridgehead atoms. The van der Waals surface area contributed by atoms with Crippen LogP contribution in [0.2, 0.25) is 5.02 Å². The molecule has 2 aromatic rings. The summed E-state index contributed by atoms with van der Waals surface area (Å²) in [5.74, 6) is 0. The van der Waals surface area contributed by atoms with Crippen molar-refractivity contribution in [1.29, 1.82) is 0 Å². The Kier molecular flexibility index (Phi) is 2.37. The van der Waals surface area contributed by atoms with Crippen molar-refractivity contribution >= 4 is 22.9 Å². The highest BCUT2D eigenvalue weighted by Crippen LogP contribution is 2.24. The van der Waals surface area contributed by atoms with Crippen LogP contribution in [0.15, 0.2) is 12.3 Å². The number of hydrogen-bond donors (Lipinski definition) is 0. The van der Waals surface area contributed by atoms with Gasteiger partial charge < -0.3 is 9.64 Å². The minimum atomic E-state index is 0.626. The molecule has 0 radical (unpaired) electrons. The highest BCUT2D eigenvalue weighted by atomic mass is 35.5. The third kappa shape index (κ3) is 1.60. The van der Waals surface area contributed by atoms with Crippen molar-refractivity contribution in [2.24, 2.45) is 0 Å². The van der Waals surface area contributed by atoms with Gasteiger partial charge in [-0.15, -0.1) is 5.10 Å². The lowest BCUT2D eigenvalue weighted by atomic mass is 10.3. The number of morpholine rings is 1. The van der Waals surface area contributed by atoms with Crippen LogP contribution < -0.4 is 4.90 Å². The van der Waals surface area contributed by atoms with Crippen LogP contribution in [0.25, 0.3) is 5.65 Å². The third-order valence-corrected chi connectivity index (χ3v) is 2.80. The minimum absolute atomic E-state index is 0.626. The van der Waals surface area contributed by atoms with E-state index in [4.69, 9.17) is 16.3 Å². The smallest absolute Gasteiger partial charge is 0.202 e. The number of aromatic nitrogens is 4. The second-order valence-corrected chi connectivity index (χ2v) is 4.03. The van der Waals surface area contributed by atoms with Crippen LogP contribution in [-0.2, 0) is 4.74 Å². The zero-order valence-corrected chi connectivity index (χ0v) is 9.26. The van der Waals surface area contributed by atoms with Crippen molar-refractivity contribution in [1.82, 2.24) is 20.0 Å². The molecule has 7 heteroatoms. The van der Waals surface area contributed by atoms with Gasteiger partial charge in [0.05, 0.1) is 30.1 Å². The summed E-state index contributed by atoms with van der Waals surface area (Å²) in [6.45, 7) is 3.12. The molecule has 0 aliphatic carbocycles. The van der Waals surface area contributed by atoms with E-state index in [1.807, 2.05) is 6.07 Å². The molecule has 0 atom stereocenters. The number of fused-ring (bicyclic) bond motifs is 1. The topological polar surface area (TPSA) is 55.5 Å². The number of rotatable bonds is 1. The van der Waals surface area contributed by atoms with Crippen LogP contribution in [0.1, 0.15) is 0 Å². The first-order valence-corrected chi connectivity index (χ1v) is 5.42. The Labute approximate surface area is 96.7 Å². The maximum absolute atomic E-state index is 6.03. The standard InChI is InChI=1S/C9H10ClN5O/c10-7-5-8(14-1-3-16-4-2-14)9-11-12-13-15(9)6-7/h5-6H,1-4H2. The summed E-state index contributed by atoms with van der Waals surface area (Å²) in [4.78, 5) is 2.18. The zero-order chi connectivity index (χ0) is 11.0. The predicted octanol–water partition coefficient (Wildman–Crippen LogP) is 0.614. The zero-order valence-electron chi connectivity index (χ0n) is 8.51. The largest absolute Gasteiger partial charge is 0.378 e. The van der Waals surface area contributed by atoms with Crippen LogP contribution in [-0.4, -0.2) is 46.3 Å². The van der Waals surface area contributed by atoms with Gasteiger partial charge in [-0.3, -0.25) is 0 Å². The summed E-state index contributed by atoms with van der Waals surface area (Å²) in [6, 6.07) is 1.89. The Hall–Kier alpha value is -1.40. The Morgan fingerprint density at radius 2 is 2.12 bits per heavy atom. The summed E-state index contributed by atoms with van der Waals surface area (Å²) >= 11 is 6.03. The van der Waals surface area contributed by atoms with Crippen LogP contribution >= 0.6 is 11.6 Å². The average Bonchev–Trinajstić information content (AvgIpc) is 2.77. The third-order valence-electron chi connectivity index (χ3n) is 2.59. The van der Waals surface area contributed by atoms with Crippen molar-refractivity contribution in [3.05, 3.63) is 17.3 Å². The molecule has 0 aromatic carbocycles. The minimum Gasteiger partial charge on any atom is -0.378 e. The first-order valence-electron chi connectivity index (χ1n) is 5.04. The molecule has 3 heterocycles. The van der Waals surface area contributed by atoms with Crippen molar-refractivity contribution in [3.8, 4) is 0 Å². The van der Waals surface area contributed by atoms with Gasteiger partial charge in [0.1, 0.15) is 0 Å². The van der Waals surface area contributed by atoms with E-state index in [9.17, 15) is 0 Å². The highest BCUT2D eigenvalue weighted by Gasteiger charge is 2.16. The first kappa shape index (κ1) is 9.80. The fourth-order valence-electron chi connectivity index (χ4n) is 1.84. The molecule has 0 N–H and O–H groups in total. The van der Waals surface area contributed by atoms with Gasteiger partial charge >= 0.3 is 0 Å². The number of halogens is 1. The lowest BCUT2D eigenvalue weighted by molar-refractivity contribution is 0.123. The molecule has 2 aromatic heterocycles. The van der Waals surface area contributed by atoms with Crippen molar-refractivity contribution in [3.63, 3.8) is 0 Å². The summed E-state index contributed by atoms with van der Waals surface area (Å²) < 4.78 is 6.90.